The van der Waals surface area contributed by atoms with Crippen LogP contribution in [0.5, 0.6) is 0 Å². The molecule has 0 atom stereocenters. The van der Waals surface area contributed by atoms with Crippen molar-refractivity contribution in [2.24, 2.45) is 5.41 Å². The Balaban J connectivity index is 2.06. The molecule has 1 heteroatoms. The molecule has 0 unspecified atom stereocenters. The highest BCUT2D eigenvalue weighted by Crippen LogP contribution is 2.50. The van der Waals surface area contributed by atoms with E-state index < -0.39 is 0 Å². The predicted molar refractivity (Wildman–Crippen MR) is 49.5 cm³/mol. The minimum absolute atomic E-state index is 0.711. The highest BCUT2D eigenvalue weighted by molar-refractivity contribution is 9.09. The van der Waals surface area contributed by atoms with Crippen LogP contribution >= 0.6 is 15.9 Å². The minimum atomic E-state index is 0.711. The van der Waals surface area contributed by atoms with Crippen LogP contribution in [-0.2, 0) is 0 Å². The maximum Gasteiger partial charge on any atom is 0.00879 e. The van der Waals surface area contributed by atoms with Gasteiger partial charge in [0.2, 0.25) is 0 Å². The normalized spacial score (nSPS) is 20.5. The van der Waals surface area contributed by atoms with Crippen LogP contribution in [-0.4, -0.2) is 5.33 Å². The summed E-state index contributed by atoms with van der Waals surface area (Å²) in [5.74, 6) is 0. The van der Waals surface area contributed by atoms with Gasteiger partial charge in [-0.3, -0.25) is 0 Å². The molecule has 1 rings (SSSR count). The fraction of sp³-hybridized carbons (Fsp3) is 0.778. The zero-order valence-electron chi connectivity index (χ0n) is 6.41. The van der Waals surface area contributed by atoms with E-state index in [1.807, 2.05) is 6.08 Å². The molecule has 0 bridgehead atoms. The molecule has 0 radical (unpaired) electrons. The Bertz CT molecular complexity index is 114. The summed E-state index contributed by atoms with van der Waals surface area (Å²) in [4.78, 5) is 0. The molecule has 0 amide bonds. The molecule has 0 spiro atoms. The number of allylic oxidation sites excluding steroid dienone is 1. The van der Waals surface area contributed by atoms with E-state index in [2.05, 4.69) is 22.5 Å². The van der Waals surface area contributed by atoms with Crippen LogP contribution in [0.15, 0.2) is 12.7 Å². The summed E-state index contributed by atoms with van der Waals surface area (Å²) in [6.07, 6.45) is 8.81. The SMILES string of the molecule is C=CCCCC1(CBr)CC1. The molecule has 0 aliphatic heterocycles. The van der Waals surface area contributed by atoms with E-state index in [0.29, 0.717) is 5.41 Å². The van der Waals surface area contributed by atoms with Gasteiger partial charge in [0, 0.05) is 5.33 Å². The Morgan fingerprint density at radius 2 is 2.20 bits per heavy atom. The molecule has 0 saturated heterocycles. The molecule has 0 aromatic carbocycles. The lowest BCUT2D eigenvalue weighted by atomic mass is 10.0. The van der Waals surface area contributed by atoms with Gasteiger partial charge in [0.25, 0.3) is 0 Å². The predicted octanol–water partition coefficient (Wildman–Crippen LogP) is 3.52. The van der Waals surface area contributed by atoms with Gasteiger partial charge in [-0.05, 0) is 37.5 Å². The first kappa shape index (κ1) is 8.32. The molecule has 0 nitrogen and oxygen atoms in total. The number of hydrogen-bond acceptors (Lipinski definition) is 0. The topological polar surface area (TPSA) is 0 Å². The fourth-order valence-electron chi connectivity index (χ4n) is 1.25. The van der Waals surface area contributed by atoms with Gasteiger partial charge in [0.1, 0.15) is 0 Å². The molecule has 0 aromatic heterocycles. The molecule has 1 fully saturated rings. The van der Waals surface area contributed by atoms with Crippen molar-refractivity contribution in [2.45, 2.75) is 32.1 Å². The Morgan fingerprint density at radius 1 is 1.50 bits per heavy atom. The van der Waals surface area contributed by atoms with Gasteiger partial charge in [-0.15, -0.1) is 6.58 Å². The summed E-state index contributed by atoms with van der Waals surface area (Å²) >= 11 is 3.56. The van der Waals surface area contributed by atoms with Crippen molar-refractivity contribution in [3.63, 3.8) is 0 Å². The first-order valence-corrected chi connectivity index (χ1v) is 5.12. The second-order valence-corrected chi connectivity index (χ2v) is 3.88. The average Bonchev–Trinajstić information content (AvgIpc) is 2.70. The lowest BCUT2D eigenvalue weighted by Crippen LogP contribution is -2.00. The second kappa shape index (κ2) is 3.56. The summed E-state index contributed by atoms with van der Waals surface area (Å²) in [6, 6.07) is 0. The summed E-state index contributed by atoms with van der Waals surface area (Å²) in [5.41, 5.74) is 0.711. The monoisotopic (exact) mass is 202 g/mol. The van der Waals surface area contributed by atoms with Gasteiger partial charge in [-0.2, -0.15) is 0 Å². The van der Waals surface area contributed by atoms with Crippen LogP contribution in [0.25, 0.3) is 0 Å². The van der Waals surface area contributed by atoms with Crippen molar-refractivity contribution in [3.05, 3.63) is 12.7 Å². The minimum Gasteiger partial charge on any atom is -0.103 e. The second-order valence-electron chi connectivity index (χ2n) is 3.31. The Labute approximate surface area is 71.8 Å². The van der Waals surface area contributed by atoms with Gasteiger partial charge in [-0.1, -0.05) is 22.0 Å². The Kier molecular flexibility index (Phi) is 2.96. The van der Waals surface area contributed by atoms with Crippen molar-refractivity contribution in [1.29, 1.82) is 0 Å². The van der Waals surface area contributed by atoms with Crippen LogP contribution in [0.3, 0.4) is 0 Å². The maximum absolute atomic E-state index is 3.71. The van der Waals surface area contributed by atoms with Crippen molar-refractivity contribution in [1.82, 2.24) is 0 Å². The number of alkyl halides is 1. The third-order valence-corrected chi connectivity index (χ3v) is 3.55. The standard InChI is InChI=1S/C9H15Br/c1-2-3-4-5-9(8-10)6-7-9/h2H,1,3-8H2. The zero-order chi connectivity index (χ0) is 7.45. The molecule has 10 heavy (non-hydrogen) atoms. The molecule has 0 N–H and O–H groups in total. The van der Waals surface area contributed by atoms with Gasteiger partial charge in [0.15, 0.2) is 0 Å². The smallest absolute Gasteiger partial charge is 0.00879 e. The van der Waals surface area contributed by atoms with E-state index in [1.54, 1.807) is 0 Å². The van der Waals surface area contributed by atoms with Crippen LogP contribution in [0.2, 0.25) is 0 Å². The molecule has 0 aromatic rings. The van der Waals surface area contributed by atoms with Gasteiger partial charge in [0.05, 0.1) is 0 Å². The molecule has 1 aliphatic rings. The maximum atomic E-state index is 3.71. The van der Waals surface area contributed by atoms with Gasteiger partial charge >= 0.3 is 0 Å². The summed E-state index contributed by atoms with van der Waals surface area (Å²) in [6.45, 7) is 3.71. The number of halogens is 1. The molecular weight excluding hydrogens is 188 g/mol. The average molecular weight is 203 g/mol. The molecule has 1 aliphatic carbocycles. The summed E-state index contributed by atoms with van der Waals surface area (Å²) in [7, 11) is 0. The molecule has 1 saturated carbocycles. The summed E-state index contributed by atoms with van der Waals surface area (Å²) < 4.78 is 0. The highest BCUT2D eigenvalue weighted by atomic mass is 79.9. The first-order chi connectivity index (χ1) is 4.83. The van der Waals surface area contributed by atoms with Crippen molar-refractivity contribution < 1.29 is 0 Å². The van der Waals surface area contributed by atoms with Gasteiger partial charge < -0.3 is 0 Å². The van der Waals surface area contributed by atoms with E-state index in [4.69, 9.17) is 0 Å². The zero-order valence-corrected chi connectivity index (χ0v) is 7.99. The lowest BCUT2D eigenvalue weighted by molar-refractivity contribution is 0.510. The van der Waals surface area contributed by atoms with Crippen LogP contribution in [0.1, 0.15) is 32.1 Å². The van der Waals surface area contributed by atoms with E-state index in [0.717, 1.165) is 0 Å². The quantitative estimate of drug-likeness (QED) is 0.364. The van der Waals surface area contributed by atoms with E-state index >= 15 is 0 Å². The van der Waals surface area contributed by atoms with Crippen molar-refractivity contribution in [2.75, 3.05) is 5.33 Å². The Morgan fingerprint density at radius 3 is 2.60 bits per heavy atom. The van der Waals surface area contributed by atoms with Gasteiger partial charge in [-0.25, -0.2) is 0 Å². The van der Waals surface area contributed by atoms with Crippen molar-refractivity contribution in [3.8, 4) is 0 Å². The van der Waals surface area contributed by atoms with Crippen molar-refractivity contribution >= 4 is 15.9 Å². The third-order valence-electron chi connectivity index (χ3n) is 2.36. The van der Waals surface area contributed by atoms with Crippen LogP contribution < -0.4 is 0 Å². The first-order valence-electron chi connectivity index (χ1n) is 4.00. The Hall–Kier alpha value is 0.220. The highest BCUT2D eigenvalue weighted by Gasteiger charge is 2.40. The van der Waals surface area contributed by atoms with E-state index in [9.17, 15) is 0 Å². The number of rotatable bonds is 5. The number of hydrogen-bond donors (Lipinski definition) is 0. The van der Waals surface area contributed by atoms with Crippen LogP contribution in [0.4, 0.5) is 0 Å². The van der Waals surface area contributed by atoms with Crippen LogP contribution in [0, 0.1) is 5.41 Å². The largest absolute Gasteiger partial charge is 0.103 e. The molecule has 0 heterocycles. The summed E-state index contributed by atoms with van der Waals surface area (Å²) in [5, 5.41) is 1.21. The number of unbranched alkanes of at least 4 members (excludes halogenated alkanes) is 1. The van der Waals surface area contributed by atoms with E-state index in [1.165, 1.54) is 37.4 Å². The van der Waals surface area contributed by atoms with E-state index in [-0.39, 0.29) is 0 Å². The third kappa shape index (κ3) is 2.12. The fourth-order valence-corrected chi connectivity index (χ4v) is 2.09. The lowest BCUT2D eigenvalue weighted by Gasteiger charge is -2.08. The molecular formula is C9H15Br. The molecule has 58 valence electrons.